The van der Waals surface area contributed by atoms with Crippen LogP contribution in [-0.2, 0) is 0 Å². The van der Waals surface area contributed by atoms with E-state index in [9.17, 15) is 10.1 Å². The van der Waals surface area contributed by atoms with Crippen molar-refractivity contribution in [2.24, 2.45) is 5.73 Å². The zero-order valence-electron chi connectivity index (χ0n) is 18.1. The number of hydrogen-bond donors (Lipinski definition) is 1. The van der Waals surface area contributed by atoms with Crippen LogP contribution < -0.4 is 15.2 Å². The molecule has 5 rings (SSSR count). The minimum Gasteiger partial charge on any atom is -0.440 e. The molecule has 1 atom stereocenters. The van der Waals surface area contributed by atoms with E-state index >= 15 is 0 Å². The highest BCUT2D eigenvalue weighted by molar-refractivity contribution is 7.21. The second kappa shape index (κ2) is 9.10. The van der Waals surface area contributed by atoms with Gasteiger partial charge in [0.1, 0.15) is 28.0 Å². The molecule has 0 spiro atoms. The topological polar surface area (TPSA) is 85.3 Å². The molecule has 174 valence electrons. The molecule has 1 aromatic heterocycles. The Balaban J connectivity index is 1.51. The van der Waals surface area contributed by atoms with Crippen LogP contribution in [0.3, 0.4) is 0 Å². The van der Waals surface area contributed by atoms with E-state index in [-0.39, 0.29) is 17.2 Å². The smallest absolute Gasteiger partial charge is 0.355 e. The van der Waals surface area contributed by atoms with E-state index in [0.29, 0.717) is 36.8 Å². The molecule has 0 radical (unpaired) electrons. The normalized spacial score (nSPS) is 14.9. The van der Waals surface area contributed by atoms with E-state index in [2.05, 4.69) is 6.07 Å². The van der Waals surface area contributed by atoms with Crippen LogP contribution in [0.4, 0.5) is 0 Å². The fraction of sp³-hybridized carbons (Fsp3) is 0.0769. The van der Waals surface area contributed by atoms with Crippen molar-refractivity contribution in [1.29, 1.82) is 5.26 Å². The molecule has 35 heavy (non-hydrogen) atoms. The lowest BCUT2D eigenvalue weighted by Gasteiger charge is -2.27. The predicted octanol–water partition coefficient (Wildman–Crippen LogP) is 7.61. The summed E-state index contributed by atoms with van der Waals surface area (Å²) in [6.07, 6.45) is 0. The van der Waals surface area contributed by atoms with Crippen molar-refractivity contribution >= 4 is 62.2 Å². The summed E-state index contributed by atoms with van der Waals surface area (Å²) in [5.74, 6) is -0.613. The highest BCUT2D eigenvalue weighted by atomic mass is 35.5. The Kier molecular flexibility index (Phi) is 6.12. The van der Waals surface area contributed by atoms with Gasteiger partial charge in [-0.05, 0) is 42.3 Å². The summed E-state index contributed by atoms with van der Waals surface area (Å²) in [7, 11) is 0. The number of nitrogens with two attached hydrogens (primary N) is 1. The third kappa shape index (κ3) is 4.22. The highest BCUT2D eigenvalue weighted by Gasteiger charge is 2.32. The van der Waals surface area contributed by atoms with Gasteiger partial charge < -0.3 is 15.2 Å². The molecule has 1 aliphatic rings. The molecule has 2 heterocycles. The number of aryl methyl sites for hydroxylation is 1. The van der Waals surface area contributed by atoms with Gasteiger partial charge in [0.25, 0.3) is 0 Å². The standard InChI is InChI=1S/C26H15Cl3N2O3S/c1-12-2-5-17-21(8-12)35-24(23(17)29)26(32)33-14-4-7-16-20(10-14)34-25(31)18(11-30)22(16)15-6-3-13(27)9-19(15)28/h2-10,22H,31H2,1H3. The third-order valence-electron chi connectivity index (χ3n) is 5.64. The van der Waals surface area contributed by atoms with Gasteiger partial charge in [-0.2, -0.15) is 5.26 Å². The van der Waals surface area contributed by atoms with E-state index < -0.39 is 11.9 Å². The summed E-state index contributed by atoms with van der Waals surface area (Å²) in [5, 5.41) is 11.8. The summed E-state index contributed by atoms with van der Waals surface area (Å²) in [6, 6.07) is 17.8. The van der Waals surface area contributed by atoms with Crippen LogP contribution >= 0.6 is 46.1 Å². The Morgan fingerprint density at radius 1 is 1.09 bits per heavy atom. The van der Waals surface area contributed by atoms with Crippen molar-refractivity contribution in [3.8, 4) is 17.6 Å². The number of rotatable bonds is 3. The second-order valence-corrected chi connectivity index (χ2v) is 10.2. The molecule has 1 aliphatic heterocycles. The summed E-state index contributed by atoms with van der Waals surface area (Å²) >= 11 is 20.2. The Bertz CT molecular complexity index is 1600. The maximum Gasteiger partial charge on any atom is 0.355 e. The summed E-state index contributed by atoms with van der Waals surface area (Å²) in [4.78, 5) is 13.2. The number of esters is 1. The Morgan fingerprint density at radius 2 is 1.86 bits per heavy atom. The summed E-state index contributed by atoms with van der Waals surface area (Å²) in [6.45, 7) is 1.97. The number of carbonyl (C=O) groups is 1. The summed E-state index contributed by atoms with van der Waals surface area (Å²) in [5.41, 5.74) is 8.66. The van der Waals surface area contributed by atoms with E-state index in [1.54, 1.807) is 36.4 Å². The second-order valence-electron chi connectivity index (χ2n) is 7.92. The van der Waals surface area contributed by atoms with Crippen LogP contribution in [0, 0.1) is 18.3 Å². The number of benzene rings is 3. The van der Waals surface area contributed by atoms with Crippen molar-refractivity contribution in [2.75, 3.05) is 0 Å². The first-order valence-corrected chi connectivity index (χ1v) is 12.3. The highest BCUT2D eigenvalue weighted by Crippen LogP contribution is 2.46. The Morgan fingerprint density at radius 3 is 2.60 bits per heavy atom. The van der Waals surface area contributed by atoms with E-state index in [4.69, 9.17) is 50.0 Å². The number of allylic oxidation sites excluding steroid dienone is 1. The van der Waals surface area contributed by atoms with E-state index in [0.717, 1.165) is 15.6 Å². The fourth-order valence-corrected chi connectivity index (χ4v) is 6.01. The Labute approximate surface area is 219 Å². The molecule has 5 nitrogen and oxygen atoms in total. The van der Waals surface area contributed by atoms with E-state index in [1.807, 2.05) is 25.1 Å². The van der Waals surface area contributed by atoms with Crippen molar-refractivity contribution in [3.63, 3.8) is 0 Å². The molecule has 3 aromatic carbocycles. The number of nitrogens with zero attached hydrogens (tertiary/aromatic N) is 1. The molecular weight excluding hydrogens is 527 g/mol. The SMILES string of the molecule is Cc1ccc2c(Cl)c(C(=O)Oc3ccc4c(c3)OC(N)=C(C#N)C4c3ccc(Cl)cc3Cl)sc2c1. The first-order valence-electron chi connectivity index (χ1n) is 10.3. The number of halogens is 3. The van der Waals surface area contributed by atoms with Crippen LogP contribution in [0.1, 0.15) is 32.3 Å². The van der Waals surface area contributed by atoms with Crippen LogP contribution in [0.5, 0.6) is 11.5 Å². The maximum atomic E-state index is 12.9. The average molecular weight is 542 g/mol. The molecule has 1 unspecified atom stereocenters. The first kappa shape index (κ1) is 23.5. The maximum absolute atomic E-state index is 12.9. The van der Waals surface area contributed by atoms with Gasteiger partial charge in [0.2, 0.25) is 5.88 Å². The van der Waals surface area contributed by atoms with Crippen molar-refractivity contribution < 1.29 is 14.3 Å². The molecule has 0 saturated carbocycles. The number of fused-ring (bicyclic) bond motifs is 2. The first-order chi connectivity index (χ1) is 16.8. The average Bonchev–Trinajstić information content (AvgIpc) is 3.14. The molecule has 9 heteroatoms. The molecule has 0 fully saturated rings. The molecule has 4 aromatic rings. The van der Waals surface area contributed by atoms with Crippen molar-refractivity contribution in [1.82, 2.24) is 0 Å². The quantitative estimate of drug-likeness (QED) is 0.213. The fourth-order valence-electron chi connectivity index (χ4n) is 4.01. The van der Waals surface area contributed by atoms with E-state index in [1.165, 1.54) is 11.3 Å². The Hall–Kier alpha value is -3.21. The summed E-state index contributed by atoms with van der Waals surface area (Å²) < 4.78 is 12.2. The predicted molar refractivity (Wildman–Crippen MR) is 139 cm³/mol. The van der Waals surface area contributed by atoms with Gasteiger partial charge in [-0.3, -0.25) is 0 Å². The van der Waals surface area contributed by atoms with Crippen molar-refractivity contribution in [3.05, 3.63) is 103 Å². The monoisotopic (exact) mass is 540 g/mol. The largest absolute Gasteiger partial charge is 0.440 e. The van der Waals surface area contributed by atoms with Crippen LogP contribution in [-0.4, -0.2) is 5.97 Å². The van der Waals surface area contributed by atoms with Crippen molar-refractivity contribution in [2.45, 2.75) is 12.8 Å². The lowest BCUT2D eigenvalue weighted by Crippen LogP contribution is -2.21. The number of ether oxygens (including phenoxy) is 2. The number of nitriles is 1. The van der Waals surface area contributed by atoms with Gasteiger partial charge in [0, 0.05) is 31.8 Å². The van der Waals surface area contributed by atoms with Gasteiger partial charge in [-0.15, -0.1) is 11.3 Å². The van der Waals surface area contributed by atoms with Crippen LogP contribution in [0.15, 0.2) is 66.1 Å². The number of hydrogen-bond acceptors (Lipinski definition) is 6. The number of thiophene rings is 1. The molecular formula is C26H15Cl3N2O3S. The molecule has 0 aliphatic carbocycles. The molecule has 0 saturated heterocycles. The zero-order chi connectivity index (χ0) is 24.9. The van der Waals surface area contributed by atoms with Gasteiger partial charge >= 0.3 is 5.97 Å². The molecule has 0 bridgehead atoms. The van der Waals surface area contributed by atoms with Gasteiger partial charge in [0.15, 0.2) is 0 Å². The zero-order valence-corrected chi connectivity index (χ0v) is 21.1. The van der Waals surface area contributed by atoms with Gasteiger partial charge in [-0.1, -0.05) is 59.1 Å². The number of carbonyl (C=O) groups excluding carboxylic acids is 1. The molecule has 0 amide bonds. The molecule has 2 N–H and O–H groups in total. The van der Waals surface area contributed by atoms with Crippen LogP contribution in [0.2, 0.25) is 15.1 Å². The minimum atomic E-state index is -0.580. The van der Waals surface area contributed by atoms with Crippen LogP contribution in [0.25, 0.3) is 10.1 Å². The van der Waals surface area contributed by atoms with Gasteiger partial charge in [0.05, 0.1) is 10.9 Å². The third-order valence-corrected chi connectivity index (χ3v) is 7.84. The lowest BCUT2D eigenvalue weighted by atomic mass is 9.83. The lowest BCUT2D eigenvalue weighted by molar-refractivity contribution is 0.0740. The minimum absolute atomic E-state index is 0.0533. The van der Waals surface area contributed by atoms with Gasteiger partial charge in [-0.25, -0.2) is 4.79 Å².